The highest BCUT2D eigenvalue weighted by atomic mass is 32.1. The fourth-order valence-electron chi connectivity index (χ4n) is 3.06. The summed E-state index contributed by atoms with van der Waals surface area (Å²) in [7, 11) is 0. The van der Waals surface area contributed by atoms with Crippen LogP contribution in [-0.2, 0) is 11.3 Å². The van der Waals surface area contributed by atoms with Crippen molar-refractivity contribution in [3.8, 4) is 0 Å². The van der Waals surface area contributed by atoms with E-state index in [9.17, 15) is 4.79 Å². The minimum absolute atomic E-state index is 0.141. The molecule has 0 bridgehead atoms. The van der Waals surface area contributed by atoms with Gasteiger partial charge in [0.1, 0.15) is 0 Å². The Morgan fingerprint density at radius 1 is 1.36 bits per heavy atom. The zero-order valence-electron chi connectivity index (χ0n) is 12.7. The van der Waals surface area contributed by atoms with Crippen LogP contribution in [0.2, 0.25) is 0 Å². The van der Waals surface area contributed by atoms with E-state index in [1.54, 1.807) is 11.3 Å². The largest absolute Gasteiger partial charge is 0.350 e. The van der Waals surface area contributed by atoms with E-state index in [1.165, 1.54) is 29.0 Å². The first kappa shape index (κ1) is 13.9. The van der Waals surface area contributed by atoms with Gasteiger partial charge in [-0.05, 0) is 43.2 Å². The molecule has 1 N–H and O–H groups in total. The van der Waals surface area contributed by atoms with Crippen LogP contribution in [0.5, 0.6) is 0 Å². The monoisotopic (exact) mass is 312 g/mol. The van der Waals surface area contributed by atoms with E-state index in [0.29, 0.717) is 18.4 Å². The SMILES string of the molecule is Cc1ccccc1[C@@H]1C[C@H]1C(=O)NCc1csc(C2CC2)n1. The first-order valence-electron chi connectivity index (χ1n) is 8.00. The molecule has 2 aromatic rings. The molecule has 2 saturated carbocycles. The molecule has 22 heavy (non-hydrogen) atoms. The molecule has 1 aromatic carbocycles. The van der Waals surface area contributed by atoms with E-state index in [0.717, 1.165) is 12.1 Å². The Labute approximate surface area is 134 Å². The van der Waals surface area contributed by atoms with Crippen LogP contribution in [0.15, 0.2) is 29.6 Å². The van der Waals surface area contributed by atoms with Gasteiger partial charge < -0.3 is 5.32 Å². The van der Waals surface area contributed by atoms with Gasteiger partial charge in [-0.25, -0.2) is 4.98 Å². The summed E-state index contributed by atoms with van der Waals surface area (Å²) < 4.78 is 0. The number of aryl methyl sites for hydroxylation is 1. The van der Waals surface area contributed by atoms with Crippen LogP contribution in [0.25, 0.3) is 0 Å². The number of aromatic nitrogens is 1. The lowest BCUT2D eigenvalue weighted by Crippen LogP contribution is -2.25. The lowest BCUT2D eigenvalue weighted by atomic mass is 10.0. The molecule has 114 valence electrons. The van der Waals surface area contributed by atoms with Gasteiger partial charge in [-0.1, -0.05) is 24.3 Å². The molecular formula is C18H20N2OS. The van der Waals surface area contributed by atoms with Crippen LogP contribution < -0.4 is 5.32 Å². The van der Waals surface area contributed by atoms with Crippen LogP contribution in [0.1, 0.15) is 52.9 Å². The second-order valence-corrected chi connectivity index (χ2v) is 7.36. The van der Waals surface area contributed by atoms with Crippen molar-refractivity contribution in [1.29, 1.82) is 0 Å². The minimum atomic E-state index is 0.141. The summed E-state index contributed by atoms with van der Waals surface area (Å²) in [6.45, 7) is 2.69. The van der Waals surface area contributed by atoms with Crippen molar-refractivity contribution in [2.24, 2.45) is 5.92 Å². The summed E-state index contributed by atoms with van der Waals surface area (Å²) in [6.07, 6.45) is 3.53. The van der Waals surface area contributed by atoms with Crippen LogP contribution in [0, 0.1) is 12.8 Å². The van der Waals surface area contributed by atoms with Crippen molar-refractivity contribution in [3.05, 3.63) is 51.5 Å². The summed E-state index contributed by atoms with van der Waals surface area (Å²) in [6, 6.07) is 8.38. The number of thiazole rings is 1. The van der Waals surface area contributed by atoms with Gasteiger partial charge >= 0.3 is 0 Å². The lowest BCUT2D eigenvalue weighted by molar-refractivity contribution is -0.122. The van der Waals surface area contributed by atoms with Gasteiger partial charge in [0.05, 0.1) is 17.2 Å². The second-order valence-electron chi connectivity index (χ2n) is 6.47. The number of amides is 1. The van der Waals surface area contributed by atoms with Crippen LogP contribution in [-0.4, -0.2) is 10.9 Å². The van der Waals surface area contributed by atoms with Gasteiger partial charge in [0, 0.05) is 17.2 Å². The molecule has 4 rings (SSSR count). The maximum atomic E-state index is 12.3. The number of carbonyl (C=O) groups excluding carboxylic acids is 1. The number of nitrogens with one attached hydrogen (secondary N) is 1. The zero-order chi connectivity index (χ0) is 15.1. The highest BCUT2D eigenvalue weighted by molar-refractivity contribution is 7.09. The van der Waals surface area contributed by atoms with Gasteiger partial charge in [-0.15, -0.1) is 11.3 Å². The number of benzene rings is 1. The fourth-order valence-corrected chi connectivity index (χ4v) is 4.05. The number of nitrogens with zero attached hydrogens (tertiary/aromatic N) is 1. The zero-order valence-corrected chi connectivity index (χ0v) is 13.5. The molecule has 0 unspecified atom stereocenters. The maximum Gasteiger partial charge on any atom is 0.224 e. The first-order valence-corrected chi connectivity index (χ1v) is 8.88. The Kier molecular flexibility index (Phi) is 3.49. The predicted molar refractivity (Wildman–Crippen MR) is 88.0 cm³/mol. The number of rotatable bonds is 5. The van der Waals surface area contributed by atoms with E-state index in [1.807, 2.05) is 0 Å². The summed E-state index contributed by atoms with van der Waals surface area (Å²) in [4.78, 5) is 16.9. The topological polar surface area (TPSA) is 42.0 Å². The fraction of sp³-hybridized carbons (Fsp3) is 0.444. The Morgan fingerprint density at radius 2 is 2.18 bits per heavy atom. The molecule has 2 aliphatic rings. The van der Waals surface area contributed by atoms with E-state index in [-0.39, 0.29) is 11.8 Å². The van der Waals surface area contributed by atoms with E-state index in [2.05, 4.69) is 46.9 Å². The summed E-state index contributed by atoms with van der Waals surface area (Å²) in [5, 5.41) is 6.38. The molecule has 0 saturated heterocycles. The van der Waals surface area contributed by atoms with Crippen molar-refractivity contribution in [2.45, 2.75) is 44.6 Å². The number of hydrogen-bond donors (Lipinski definition) is 1. The van der Waals surface area contributed by atoms with E-state index < -0.39 is 0 Å². The second kappa shape index (κ2) is 5.51. The summed E-state index contributed by atoms with van der Waals surface area (Å²) in [5.74, 6) is 1.42. The summed E-state index contributed by atoms with van der Waals surface area (Å²) >= 11 is 1.73. The smallest absolute Gasteiger partial charge is 0.224 e. The Morgan fingerprint density at radius 3 is 2.95 bits per heavy atom. The van der Waals surface area contributed by atoms with Crippen molar-refractivity contribution < 1.29 is 4.79 Å². The Hall–Kier alpha value is -1.68. The first-order chi connectivity index (χ1) is 10.7. The van der Waals surface area contributed by atoms with Gasteiger partial charge in [0.2, 0.25) is 5.91 Å². The van der Waals surface area contributed by atoms with Gasteiger partial charge in [-0.2, -0.15) is 0 Å². The highest BCUT2D eigenvalue weighted by Crippen LogP contribution is 2.48. The Bertz CT molecular complexity index is 705. The quantitative estimate of drug-likeness (QED) is 0.913. The molecule has 2 aliphatic carbocycles. The average Bonchev–Trinajstić information content (AvgIpc) is 3.44. The minimum Gasteiger partial charge on any atom is -0.350 e. The third kappa shape index (κ3) is 2.80. The highest BCUT2D eigenvalue weighted by Gasteiger charge is 2.44. The molecule has 1 heterocycles. The third-order valence-electron chi connectivity index (χ3n) is 4.65. The molecule has 1 aromatic heterocycles. The van der Waals surface area contributed by atoms with Gasteiger partial charge in [-0.3, -0.25) is 4.79 Å². The van der Waals surface area contributed by atoms with Crippen molar-refractivity contribution in [1.82, 2.24) is 10.3 Å². The molecule has 4 heteroatoms. The standard InChI is InChI=1S/C18H20N2OS/c1-11-4-2-3-5-14(11)15-8-16(15)17(21)19-9-13-10-22-18(20-13)12-6-7-12/h2-5,10,12,15-16H,6-9H2,1H3,(H,19,21)/t15-,16+/m0/s1. The van der Waals surface area contributed by atoms with Crippen molar-refractivity contribution in [2.75, 3.05) is 0 Å². The number of hydrogen-bond acceptors (Lipinski definition) is 3. The van der Waals surface area contributed by atoms with Crippen molar-refractivity contribution >= 4 is 17.2 Å². The van der Waals surface area contributed by atoms with Crippen molar-refractivity contribution in [3.63, 3.8) is 0 Å². The lowest BCUT2D eigenvalue weighted by Gasteiger charge is -2.05. The normalized spacial score (nSPS) is 23.3. The van der Waals surface area contributed by atoms with E-state index >= 15 is 0 Å². The molecule has 0 aliphatic heterocycles. The third-order valence-corrected chi connectivity index (χ3v) is 5.71. The van der Waals surface area contributed by atoms with Crippen LogP contribution in [0.4, 0.5) is 0 Å². The Balaban J connectivity index is 1.32. The van der Waals surface area contributed by atoms with Gasteiger partial charge in [0.15, 0.2) is 0 Å². The molecule has 2 fully saturated rings. The van der Waals surface area contributed by atoms with Crippen LogP contribution in [0.3, 0.4) is 0 Å². The molecule has 3 nitrogen and oxygen atoms in total. The number of carbonyl (C=O) groups is 1. The average molecular weight is 312 g/mol. The van der Waals surface area contributed by atoms with Gasteiger partial charge in [0.25, 0.3) is 0 Å². The molecule has 1 amide bonds. The molecule has 0 spiro atoms. The predicted octanol–water partition coefficient (Wildman–Crippen LogP) is 3.75. The van der Waals surface area contributed by atoms with E-state index in [4.69, 9.17) is 0 Å². The van der Waals surface area contributed by atoms with Crippen LogP contribution >= 0.6 is 11.3 Å². The maximum absolute atomic E-state index is 12.3. The summed E-state index contributed by atoms with van der Waals surface area (Å²) in [5.41, 5.74) is 3.62. The molecule has 0 radical (unpaired) electrons. The molecular weight excluding hydrogens is 292 g/mol. The molecule has 2 atom stereocenters.